The molecule has 0 saturated heterocycles. The van der Waals surface area contributed by atoms with Crippen LogP contribution >= 0.6 is 0 Å². The molecular formula is C17H18N2O. The van der Waals surface area contributed by atoms with Crippen molar-refractivity contribution in [3.05, 3.63) is 58.9 Å². The van der Waals surface area contributed by atoms with Crippen LogP contribution in [0.2, 0.25) is 0 Å². The lowest BCUT2D eigenvalue weighted by Crippen LogP contribution is -2.02. The SMILES string of the molecule is Cc1ccc(C#N)cc1CCCOc1cccnc1C. The fourth-order valence-electron chi connectivity index (χ4n) is 2.08. The fraction of sp³-hybridized carbons (Fsp3) is 0.294. The number of rotatable bonds is 5. The Morgan fingerprint density at radius 3 is 2.85 bits per heavy atom. The minimum absolute atomic E-state index is 0.656. The van der Waals surface area contributed by atoms with E-state index in [9.17, 15) is 0 Å². The lowest BCUT2D eigenvalue weighted by Gasteiger charge is -2.09. The molecule has 1 aromatic carbocycles. The van der Waals surface area contributed by atoms with E-state index in [4.69, 9.17) is 10.00 Å². The lowest BCUT2D eigenvalue weighted by atomic mass is 10.0. The van der Waals surface area contributed by atoms with Gasteiger partial charge in [0, 0.05) is 6.20 Å². The second-order valence-corrected chi connectivity index (χ2v) is 4.79. The molecule has 0 radical (unpaired) electrons. The van der Waals surface area contributed by atoms with Gasteiger partial charge in [0.2, 0.25) is 0 Å². The van der Waals surface area contributed by atoms with Crippen molar-refractivity contribution in [3.63, 3.8) is 0 Å². The molecule has 0 spiro atoms. The molecule has 0 aliphatic carbocycles. The average molecular weight is 266 g/mol. The first-order chi connectivity index (χ1) is 9.70. The molecule has 1 aromatic heterocycles. The first-order valence-electron chi connectivity index (χ1n) is 6.75. The zero-order valence-electron chi connectivity index (χ0n) is 11.9. The number of aromatic nitrogens is 1. The Labute approximate surface area is 119 Å². The van der Waals surface area contributed by atoms with E-state index in [0.717, 1.165) is 29.8 Å². The molecule has 3 heteroatoms. The van der Waals surface area contributed by atoms with E-state index in [-0.39, 0.29) is 0 Å². The van der Waals surface area contributed by atoms with Gasteiger partial charge in [0.15, 0.2) is 0 Å². The maximum absolute atomic E-state index is 8.92. The predicted molar refractivity (Wildman–Crippen MR) is 78.7 cm³/mol. The number of nitriles is 1. The summed E-state index contributed by atoms with van der Waals surface area (Å²) in [5.41, 5.74) is 4.07. The minimum atomic E-state index is 0.656. The molecule has 2 aromatic rings. The quantitative estimate of drug-likeness (QED) is 0.777. The van der Waals surface area contributed by atoms with Crippen LogP contribution in [0.15, 0.2) is 36.5 Å². The van der Waals surface area contributed by atoms with Gasteiger partial charge in [-0.2, -0.15) is 5.26 Å². The van der Waals surface area contributed by atoms with Gasteiger partial charge in [-0.25, -0.2) is 0 Å². The van der Waals surface area contributed by atoms with Crippen molar-refractivity contribution < 1.29 is 4.74 Å². The highest BCUT2D eigenvalue weighted by Crippen LogP contribution is 2.16. The standard InChI is InChI=1S/C17H18N2O/c1-13-7-8-15(12-18)11-16(13)5-4-10-20-17-6-3-9-19-14(17)2/h3,6-9,11H,4-5,10H2,1-2H3. The molecule has 0 amide bonds. The smallest absolute Gasteiger partial charge is 0.140 e. The molecule has 0 atom stereocenters. The van der Waals surface area contributed by atoms with E-state index in [1.807, 2.05) is 37.3 Å². The van der Waals surface area contributed by atoms with Crippen LogP contribution in [0.5, 0.6) is 5.75 Å². The molecule has 1 heterocycles. The maximum atomic E-state index is 8.92. The first-order valence-corrected chi connectivity index (χ1v) is 6.75. The molecule has 0 bridgehead atoms. The van der Waals surface area contributed by atoms with Crippen molar-refractivity contribution in [2.75, 3.05) is 6.61 Å². The summed E-state index contributed by atoms with van der Waals surface area (Å²) in [7, 11) is 0. The second-order valence-electron chi connectivity index (χ2n) is 4.79. The van der Waals surface area contributed by atoms with E-state index in [1.54, 1.807) is 6.20 Å². The van der Waals surface area contributed by atoms with E-state index in [0.29, 0.717) is 6.61 Å². The van der Waals surface area contributed by atoms with Crippen LogP contribution < -0.4 is 4.74 Å². The molecule has 0 unspecified atom stereocenters. The molecule has 0 aliphatic heterocycles. The molecule has 0 fully saturated rings. The third-order valence-electron chi connectivity index (χ3n) is 3.28. The fourth-order valence-corrected chi connectivity index (χ4v) is 2.08. The number of pyridine rings is 1. The highest BCUT2D eigenvalue weighted by Gasteiger charge is 2.02. The van der Waals surface area contributed by atoms with Gasteiger partial charge in [0.05, 0.1) is 23.9 Å². The maximum Gasteiger partial charge on any atom is 0.140 e. The topological polar surface area (TPSA) is 45.9 Å². The van der Waals surface area contributed by atoms with E-state index in [2.05, 4.69) is 18.0 Å². The van der Waals surface area contributed by atoms with Crippen molar-refractivity contribution in [2.24, 2.45) is 0 Å². The van der Waals surface area contributed by atoms with Crippen LogP contribution in [0.3, 0.4) is 0 Å². The van der Waals surface area contributed by atoms with Gasteiger partial charge in [-0.3, -0.25) is 4.98 Å². The average Bonchev–Trinajstić information content (AvgIpc) is 2.47. The van der Waals surface area contributed by atoms with Crippen LogP contribution in [0.25, 0.3) is 0 Å². The van der Waals surface area contributed by atoms with Gasteiger partial charge in [-0.1, -0.05) is 6.07 Å². The van der Waals surface area contributed by atoms with Crippen molar-refractivity contribution in [1.82, 2.24) is 4.98 Å². The summed E-state index contributed by atoms with van der Waals surface area (Å²) in [6.07, 6.45) is 3.60. The Hall–Kier alpha value is -2.34. The number of nitrogens with zero attached hydrogens (tertiary/aromatic N) is 2. The summed E-state index contributed by atoms with van der Waals surface area (Å²) in [6.45, 7) is 4.67. The van der Waals surface area contributed by atoms with Gasteiger partial charge in [0.25, 0.3) is 0 Å². The van der Waals surface area contributed by atoms with E-state index in [1.165, 1.54) is 11.1 Å². The molecular weight excluding hydrogens is 248 g/mol. The van der Waals surface area contributed by atoms with Gasteiger partial charge in [-0.05, 0) is 62.1 Å². The first kappa shape index (κ1) is 14.1. The zero-order valence-corrected chi connectivity index (χ0v) is 11.9. The van der Waals surface area contributed by atoms with Crippen LogP contribution in [0, 0.1) is 25.2 Å². The summed E-state index contributed by atoms with van der Waals surface area (Å²) < 4.78 is 5.73. The third-order valence-corrected chi connectivity index (χ3v) is 3.28. The van der Waals surface area contributed by atoms with E-state index >= 15 is 0 Å². The number of benzene rings is 1. The van der Waals surface area contributed by atoms with Crippen molar-refractivity contribution in [2.45, 2.75) is 26.7 Å². The third kappa shape index (κ3) is 3.58. The lowest BCUT2D eigenvalue weighted by molar-refractivity contribution is 0.307. The monoisotopic (exact) mass is 266 g/mol. The predicted octanol–water partition coefficient (Wildman–Crippen LogP) is 3.58. The molecule has 0 aliphatic rings. The van der Waals surface area contributed by atoms with Gasteiger partial charge >= 0.3 is 0 Å². The van der Waals surface area contributed by atoms with Crippen LogP contribution in [0.4, 0.5) is 0 Å². The Bertz CT molecular complexity index is 629. The van der Waals surface area contributed by atoms with E-state index < -0.39 is 0 Å². The molecule has 0 N–H and O–H groups in total. The molecule has 2 rings (SSSR count). The van der Waals surface area contributed by atoms with Crippen molar-refractivity contribution in [1.29, 1.82) is 5.26 Å². The summed E-state index contributed by atoms with van der Waals surface area (Å²) in [4.78, 5) is 4.19. The largest absolute Gasteiger partial charge is 0.492 e. The number of hydrogen-bond acceptors (Lipinski definition) is 3. The highest BCUT2D eigenvalue weighted by atomic mass is 16.5. The summed E-state index contributed by atoms with van der Waals surface area (Å²) in [5, 5.41) is 8.92. The summed E-state index contributed by atoms with van der Waals surface area (Å²) in [5.74, 6) is 0.843. The molecule has 20 heavy (non-hydrogen) atoms. The van der Waals surface area contributed by atoms with Crippen LogP contribution in [-0.2, 0) is 6.42 Å². The Balaban J connectivity index is 1.88. The number of aryl methyl sites for hydroxylation is 3. The molecule has 102 valence electrons. The van der Waals surface area contributed by atoms with Gasteiger partial charge in [0.1, 0.15) is 5.75 Å². The highest BCUT2D eigenvalue weighted by molar-refractivity contribution is 5.37. The summed E-state index contributed by atoms with van der Waals surface area (Å²) >= 11 is 0. The number of hydrogen-bond donors (Lipinski definition) is 0. The Kier molecular flexibility index (Phi) is 4.73. The normalized spacial score (nSPS) is 10.1. The van der Waals surface area contributed by atoms with Crippen molar-refractivity contribution >= 4 is 0 Å². The Morgan fingerprint density at radius 1 is 1.25 bits per heavy atom. The van der Waals surface area contributed by atoms with Crippen molar-refractivity contribution in [3.8, 4) is 11.8 Å². The number of ether oxygens (including phenoxy) is 1. The van der Waals surface area contributed by atoms with Gasteiger partial charge in [-0.15, -0.1) is 0 Å². The Morgan fingerprint density at radius 2 is 2.10 bits per heavy atom. The zero-order chi connectivity index (χ0) is 14.4. The molecule has 3 nitrogen and oxygen atoms in total. The summed E-state index contributed by atoms with van der Waals surface area (Å²) in [6, 6.07) is 11.8. The minimum Gasteiger partial charge on any atom is -0.492 e. The van der Waals surface area contributed by atoms with Gasteiger partial charge < -0.3 is 4.74 Å². The molecule has 0 saturated carbocycles. The second kappa shape index (κ2) is 6.72. The van der Waals surface area contributed by atoms with Crippen LogP contribution in [0.1, 0.15) is 28.8 Å². The van der Waals surface area contributed by atoms with Crippen LogP contribution in [-0.4, -0.2) is 11.6 Å².